The molecule has 1 amide bonds. The Bertz CT molecular complexity index is 486. The van der Waals surface area contributed by atoms with E-state index < -0.39 is 18.4 Å². The number of rotatable bonds is 14. The number of carbonyl (C=O) groups is 1. The van der Waals surface area contributed by atoms with Gasteiger partial charge in [0.25, 0.3) is 0 Å². The zero-order chi connectivity index (χ0) is 19.3. The van der Waals surface area contributed by atoms with Crippen LogP contribution in [0, 0.1) is 0 Å². The van der Waals surface area contributed by atoms with Crippen molar-refractivity contribution in [1.29, 1.82) is 0 Å². The Balaban J connectivity index is 2.87. The molecular formula is C20H38N2O2SSn. The maximum absolute atomic E-state index is 11.9. The quantitative estimate of drug-likeness (QED) is 0.238. The van der Waals surface area contributed by atoms with Crippen LogP contribution < -0.4 is 8.21 Å². The number of nitrogens with zero attached hydrogens (tertiary/aromatic N) is 1. The summed E-state index contributed by atoms with van der Waals surface area (Å²) in [6, 6.07) is 0. The van der Waals surface area contributed by atoms with Gasteiger partial charge in [-0.25, -0.2) is 0 Å². The molecule has 0 radical (unpaired) electrons. The molecule has 0 aliphatic carbocycles. The average Bonchev–Trinajstić information content (AvgIpc) is 3.10. The Labute approximate surface area is 168 Å². The van der Waals surface area contributed by atoms with Crippen molar-refractivity contribution in [2.75, 3.05) is 11.9 Å². The third-order valence-electron chi connectivity index (χ3n) is 5.00. The SMILES string of the molecule is CCCCOC(=O)Nc1nc[c]([Sn]([CH2]CCC)([CH2]CCC)[CH2]CCC)s1. The minimum atomic E-state index is -2.43. The molecule has 6 heteroatoms. The summed E-state index contributed by atoms with van der Waals surface area (Å²) in [7, 11) is 0. The molecule has 0 atom stereocenters. The summed E-state index contributed by atoms with van der Waals surface area (Å²) >= 11 is -0.697. The van der Waals surface area contributed by atoms with Crippen molar-refractivity contribution in [3.8, 4) is 0 Å². The van der Waals surface area contributed by atoms with E-state index in [1.165, 1.54) is 51.8 Å². The van der Waals surface area contributed by atoms with E-state index in [4.69, 9.17) is 4.74 Å². The third-order valence-corrected chi connectivity index (χ3v) is 24.1. The third kappa shape index (κ3) is 8.15. The van der Waals surface area contributed by atoms with Gasteiger partial charge in [-0.2, -0.15) is 0 Å². The van der Waals surface area contributed by atoms with Crippen LogP contribution in [0.4, 0.5) is 9.93 Å². The molecule has 0 bridgehead atoms. The van der Waals surface area contributed by atoms with E-state index in [0.717, 1.165) is 12.8 Å². The summed E-state index contributed by atoms with van der Waals surface area (Å²) in [6.45, 7) is 9.45. The van der Waals surface area contributed by atoms with Gasteiger partial charge in [0.15, 0.2) is 0 Å². The van der Waals surface area contributed by atoms with Gasteiger partial charge in [-0.05, 0) is 0 Å². The predicted octanol–water partition coefficient (Wildman–Crippen LogP) is 6.55. The Kier molecular flexibility index (Phi) is 12.6. The van der Waals surface area contributed by atoms with Crippen LogP contribution in [0.25, 0.3) is 0 Å². The van der Waals surface area contributed by atoms with Gasteiger partial charge in [-0.3, -0.25) is 0 Å². The first-order chi connectivity index (χ1) is 12.6. The van der Waals surface area contributed by atoms with Crippen LogP contribution in [0.3, 0.4) is 0 Å². The zero-order valence-electron chi connectivity index (χ0n) is 17.2. The van der Waals surface area contributed by atoms with Crippen LogP contribution in [0.1, 0.15) is 79.1 Å². The standard InChI is InChI=1S/C8H11N2O2S.3C4H9.Sn/c1-2-3-5-12-8(11)10-7-9-4-6-13-7;3*1-3-4-2;/h4H,2-3,5H2,1H3,(H,9,10,11);3*1,3-4H2,2H3;. The normalized spacial score (nSPS) is 11.5. The Hall–Kier alpha value is -0.301. The van der Waals surface area contributed by atoms with Gasteiger partial charge in [-0.1, -0.05) is 0 Å². The number of unbranched alkanes of at least 4 members (excludes halogenated alkanes) is 4. The molecule has 1 N–H and O–H groups in total. The van der Waals surface area contributed by atoms with Gasteiger partial charge in [0.1, 0.15) is 0 Å². The van der Waals surface area contributed by atoms with Crippen molar-refractivity contribution in [3.05, 3.63) is 6.20 Å². The molecule has 0 aliphatic rings. The molecule has 150 valence electrons. The van der Waals surface area contributed by atoms with Crippen LogP contribution >= 0.6 is 11.3 Å². The molecule has 0 spiro atoms. The Morgan fingerprint density at radius 1 is 1.00 bits per heavy atom. The molecule has 1 heterocycles. The zero-order valence-corrected chi connectivity index (χ0v) is 20.9. The van der Waals surface area contributed by atoms with E-state index in [-0.39, 0.29) is 6.09 Å². The predicted molar refractivity (Wildman–Crippen MR) is 117 cm³/mol. The molecular weight excluding hydrogens is 451 g/mol. The summed E-state index contributed by atoms with van der Waals surface area (Å²) < 4.78 is 11.0. The molecule has 1 aromatic heterocycles. The van der Waals surface area contributed by atoms with Gasteiger partial charge in [0.2, 0.25) is 0 Å². The fourth-order valence-electron chi connectivity index (χ4n) is 3.30. The number of amides is 1. The summed E-state index contributed by atoms with van der Waals surface area (Å²) in [5, 5.41) is 3.56. The second kappa shape index (κ2) is 13.8. The minimum absolute atomic E-state index is 0.365. The summed E-state index contributed by atoms with van der Waals surface area (Å²) in [6.07, 6.45) is 11.5. The van der Waals surface area contributed by atoms with Crippen molar-refractivity contribution in [2.45, 2.75) is 92.4 Å². The number of anilines is 1. The first-order valence-electron chi connectivity index (χ1n) is 10.5. The van der Waals surface area contributed by atoms with E-state index in [1.807, 2.05) is 0 Å². The summed E-state index contributed by atoms with van der Waals surface area (Å²) in [5.41, 5.74) is 0. The molecule has 0 fully saturated rings. The topological polar surface area (TPSA) is 51.2 Å². The fraction of sp³-hybridized carbons (Fsp3) is 0.800. The van der Waals surface area contributed by atoms with Crippen molar-refractivity contribution >= 4 is 43.8 Å². The number of carbonyl (C=O) groups excluding carboxylic acids is 1. The first-order valence-corrected chi connectivity index (χ1v) is 18.8. The molecule has 1 aromatic rings. The first kappa shape index (κ1) is 23.7. The van der Waals surface area contributed by atoms with Gasteiger partial charge in [0.05, 0.1) is 0 Å². The number of nitrogens with one attached hydrogen (secondary N) is 1. The van der Waals surface area contributed by atoms with Crippen LogP contribution in [0.2, 0.25) is 13.3 Å². The number of hydrogen-bond acceptors (Lipinski definition) is 4. The number of ether oxygens (including phenoxy) is 1. The van der Waals surface area contributed by atoms with E-state index in [1.54, 1.807) is 14.2 Å². The Morgan fingerprint density at radius 3 is 2.04 bits per heavy atom. The van der Waals surface area contributed by atoms with Crippen LogP contribution in [-0.2, 0) is 4.74 Å². The van der Waals surface area contributed by atoms with Gasteiger partial charge in [-0.15, -0.1) is 0 Å². The second-order valence-corrected chi connectivity index (χ2v) is 22.4. The summed E-state index contributed by atoms with van der Waals surface area (Å²) in [5.74, 6) is 0. The van der Waals surface area contributed by atoms with E-state index in [9.17, 15) is 4.79 Å². The van der Waals surface area contributed by atoms with Gasteiger partial charge in [0, 0.05) is 0 Å². The van der Waals surface area contributed by atoms with Crippen LogP contribution in [0.5, 0.6) is 0 Å². The number of aromatic nitrogens is 1. The fourth-order valence-corrected chi connectivity index (χ4v) is 22.8. The molecule has 0 unspecified atom stereocenters. The molecule has 26 heavy (non-hydrogen) atoms. The average molecular weight is 489 g/mol. The van der Waals surface area contributed by atoms with Crippen molar-refractivity contribution in [3.63, 3.8) is 0 Å². The monoisotopic (exact) mass is 490 g/mol. The molecule has 1 rings (SSSR count). The van der Waals surface area contributed by atoms with Crippen molar-refractivity contribution < 1.29 is 9.53 Å². The van der Waals surface area contributed by atoms with Gasteiger partial charge < -0.3 is 0 Å². The van der Waals surface area contributed by atoms with E-state index in [0.29, 0.717) is 11.7 Å². The van der Waals surface area contributed by atoms with E-state index in [2.05, 4.69) is 44.2 Å². The van der Waals surface area contributed by atoms with Gasteiger partial charge >= 0.3 is 169 Å². The molecule has 0 aliphatic heterocycles. The maximum atomic E-state index is 11.9. The van der Waals surface area contributed by atoms with Crippen LogP contribution in [-0.4, -0.2) is 36.1 Å². The molecule has 4 nitrogen and oxygen atoms in total. The molecule has 0 aromatic carbocycles. The number of hydrogen-bond donors (Lipinski definition) is 1. The van der Waals surface area contributed by atoms with Crippen molar-refractivity contribution in [2.24, 2.45) is 0 Å². The van der Waals surface area contributed by atoms with Crippen LogP contribution in [0.15, 0.2) is 6.20 Å². The van der Waals surface area contributed by atoms with E-state index >= 15 is 0 Å². The Morgan fingerprint density at radius 2 is 1.54 bits per heavy atom. The second-order valence-electron chi connectivity index (χ2n) is 7.24. The molecule has 0 saturated heterocycles. The van der Waals surface area contributed by atoms with Crippen molar-refractivity contribution in [1.82, 2.24) is 4.98 Å². The summed E-state index contributed by atoms with van der Waals surface area (Å²) in [4.78, 5) is 16.4. The molecule has 0 saturated carbocycles. The number of thiazole rings is 1.